The molecule has 1 aromatic heterocycles. The Bertz CT molecular complexity index is 417. The van der Waals surface area contributed by atoms with Gasteiger partial charge in [0.25, 0.3) is 0 Å². The summed E-state index contributed by atoms with van der Waals surface area (Å²) in [5, 5.41) is 18.6. The number of nitrogens with one attached hydrogen (secondary N) is 1. The number of likely N-dealkylation sites (N-methyl/N-ethyl adjacent to an activating group) is 1. The Morgan fingerprint density at radius 2 is 2.29 bits per heavy atom. The summed E-state index contributed by atoms with van der Waals surface area (Å²) in [4.78, 5) is 21.9. The summed E-state index contributed by atoms with van der Waals surface area (Å²) >= 11 is 0. The van der Waals surface area contributed by atoms with E-state index in [1.807, 2.05) is 0 Å². The Kier molecular flexibility index (Phi) is 4.16. The zero-order chi connectivity index (χ0) is 13.0. The van der Waals surface area contributed by atoms with Crippen molar-refractivity contribution in [2.24, 2.45) is 5.73 Å². The van der Waals surface area contributed by atoms with E-state index in [1.165, 1.54) is 17.9 Å². The van der Waals surface area contributed by atoms with E-state index in [1.54, 1.807) is 6.92 Å². The number of carboxylic acid groups (broad SMARTS) is 1. The molecule has 1 aromatic rings. The molecule has 8 heteroatoms. The number of aromatic nitrogens is 3. The molecule has 0 aliphatic heterocycles. The number of carbonyl (C=O) groups excluding carboxylic acids is 1. The standard InChI is InChI=1S/C9H15N5O3/c1-5(8(15)11-2)14-4-6(12-13-14)3-7(10)9(16)17/h4-5,7H,3,10H2,1-2H3,(H,11,15)(H,16,17). The lowest BCUT2D eigenvalue weighted by Crippen LogP contribution is -2.32. The third kappa shape index (κ3) is 3.25. The molecule has 2 atom stereocenters. The van der Waals surface area contributed by atoms with Gasteiger partial charge in [-0.15, -0.1) is 5.10 Å². The molecule has 0 fully saturated rings. The molecule has 0 saturated heterocycles. The molecule has 0 aromatic carbocycles. The van der Waals surface area contributed by atoms with Gasteiger partial charge in [-0.1, -0.05) is 5.21 Å². The van der Waals surface area contributed by atoms with Crippen molar-refractivity contribution >= 4 is 11.9 Å². The average Bonchev–Trinajstić information content (AvgIpc) is 2.75. The fourth-order valence-electron chi connectivity index (χ4n) is 1.24. The Morgan fingerprint density at radius 1 is 1.65 bits per heavy atom. The van der Waals surface area contributed by atoms with Crippen molar-refractivity contribution in [1.82, 2.24) is 20.3 Å². The highest BCUT2D eigenvalue weighted by molar-refractivity contribution is 5.79. The SMILES string of the molecule is CNC(=O)C(C)n1cc(CC(N)C(=O)O)nn1. The minimum Gasteiger partial charge on any atom is -0.480 e. The molecule has 94 valence electrons. The van der Waals surface area contributed by atoms with E-state index >= 15 is 0 Å². The number of carbonyl (C=O) groups is 2. The van der Waals surface area contributed by atoms with Crippen molar-refractivity contribution in [3.8, 4) is 0 Å². The topological polar surface area (TPSA) is 123 Å². The number of nitrogens with two attached hydrogens (primary N) is 1. The smallest absolute Gasteiger partial charge is 0.320 e. The summed E-state index contributed by atoms with van der Waals surface area (Å²) < 4.78 is 1.36. The van der Waals surface area contributed by atoms with E-state index in [0.29, 0.717) is 5.69 Å². The summed E-state index contributed by atoms with van der Waals surface area (Å²) in [5.74, 6) is -1.30. The minimum atomic E-state index is -1.10. The molecular formula is C9H15N5O3. The third-order valence-electron chi connectivity index (χ3n) is 2.33. The van der Waals surface area contributed by atoms with Crippen LogP contribution in [0, 0.1) is 0 Å². The van der Waals surface area contributed by atoms with Crippen LogP contribution < -0.4 is 11.1 Å². The maximum Gasteiger partial charge on any atom is 0.320 e. The maximum absolute atomic E-state index is 11.3. The van der Waals surface area contributed by atoms with Crippen LogP contribution in [-0.2, 0) is 16.0 Å². The van der Waals surface area contributed by atoms with Crippen molar-refractivity contribution < 1.29 is 14.7 Å². The number of hydrogen-bond donors (Lipinski definition) is 3. The molecule has 2 unspecified atom stereocenters. The third-order valence-corrected chi connectivity index (χ3v) is 2.33. The summed E-state index contributed by atoms with van der Waals surface area (Å²) in [6, 6.07) is -1.52. The Labute approximate surface area is 97.8 Å². The first kappa shape index (κ1) is 13.1. The number of amides is 1. The lowest BCUT2D eigenvalue weighted by Gasteiger charge is -2.08. The predicted octanol–water partition coefficient (Wildman–Crippen LogP) is -1.46. The van der Waals surface area contributed by atoms with E-state index in [4.69, 9.17) is 10.8 Å². The van der Waals surface area contributed by atoms with Gasteiger partial charge in [-0.2, -0.15) is 0 Å². The van der Waals surface area contributed by atoms with Crippen LogP contribution in [0.15, 0.2) is 6.20 Å². The van der Waals surface area contributed by atoms with Gasteiger partial charge >= 0.3 is 5.97 Å². The number of carboxylic acids is 1. The van der Waals surface area contributed by atoms with Crippen LogP contribution in [0.25, 0.3) is 0 Å². The van der Waals surface area contributed by atoms with Gasteiger partial charge in [0.2, 0.25) is 5.91 Å². The van der Waals surface area contributed by atoms with Gasteiger partial charge in [0.1, 0.15) is 12.1 Å². The van der Waals surface area contributed by atoms with Gasteiger partial charge in [-0.05, 0) is 6.92 Å². The highest BCUT2D eigenvalue weighted by atomic mass is 16.4. The summed E-state index contributed by atoms with van der Waals surface area (Å²) in [6.45, 7) is 1.66. The first-order valence-corrected chi connectivity index (χ1v) is 5.06. The molecule has 0 saturated carbocycles. The number of nitrogens with zero attached hydrogens (tertiary/aromatic N) is 3. The van der Waals surface area contributed by atoms with E-state index in [-0.39, 0.29) is 12.3 Å². The van der Waals surface area contributed by atoms with Gasteiger partial charge in [-0.3, -0.25) is 9.59 Å². The molecule has 0 aliphatic rings. The molecule has 1 rings (SSSR count). The van der Waals surface area contributed by atoms with Crippen molar-refractivity contribution in [2.45, 2.75) is 25.4 Å². The van der Waals surface area contributed by atoms with Crippen molar-refractivity contribution in [3.05, 3.63) is 11.9 Å². The molecule has 17 heavy (non-hydrogen) atoms. The summed E-state index contributed by atoms with van der Waals surface area (Å²) in [7, 11) is 1.52. The second-order valence-corrected chi connectivity index (χ2v) is 3.63. The van der Waals surface area contributed by atoms with Crippen molar-refractivity contribution in [3.63, 3.8) is 0 Å². The van der Waals surface area contributed by atoms with E-state index in [0.717, 1.165) is 0 Å². The maximum atomic E-state index is 11.3. The molecular weight excluding hydrogens is 226 g/mol. The first-order chi connectivity index (χ1) is 7.95. The second-order valence-electron chi connectivity index (χ2n) is 3.63. The van der Waals surface area contributed by atoms with Crippen LogP contribution in [0.4, 0.5) is 0 Å². The molecule has 4 N–H and O–H groups in total. The molecule has 0 radical (unpaired) electrons. The van der Waals surface area contributed by atoms with E-state index in [9.17, 15) is 9.59 Å². The number of rotatable bonds is 5. The zero-order valence-corrected chi connectivity index (χ0v) is 9.62. The lowest BCUT2D eigenvalue weighted by atomic mass is 10.2. The zero-order valence-electron chi connectivity index (χ0n) is 9.62. The first-order valence-electron chi connectivity index (χ1n) is 5.06. The van der Waals surface area contributed by atoms with Crippen molar-refractivity contribution in [1.29, 1.82) is 0 Å². The molecule has 0 aliphatic carbocycles. The van der Waals surface area contributed by atoms with Gasteiger partial charge in [0.15, 0.2) is 0 Å². The molecule has 1 heterocycles. The Morgan fingerprint density at radius 3 is 2.82 bits per heavy atom. The quantitative estimate of drug-likeness (QED) is 0.579. The van der Waals surface area contributed by atoms with Gasteiger partial charge in [0.05, 0.1) is 5.69 Å². The van der Waals surface area contributed by atoms with Crippen molar-refractivity contribution in [2.75, 3.05) is 7.05 Å². The predicted molar refractivity (Wildman–Crippen MR) is 58.1 cm³/mol. The molecule has 1 amide bonds. The fraction of sp³-hybridized carbons (Fsp3) is 0.556. The number of hydrogen-bond acceptors (Lipinski definition) is 5. The molecule has 0 bridgehead atoms. The van der Waals surface area contributed by atoms with Gasteiger partial charge in [0, 0.05) is 19.7 Å². The highest BCUT2D eigenvalue weighted by Gasteiger charge is 2.18. The van der Waals surface area contributed by atoms with Crippen LogP contribution in [0.2, 0.25) is 0 Å². The lowest BCUT2D eigenvalue weighted by molar-refractivity contribution is -0.138. The van der Waals surface area contributed by atoms with Gasteiger partial charge < -0.3 is 16.2 Å². The van der Waals surface area contributed by atoms with Crippen LogP contribution in [0.5, 0.6) is 0 Å². The molecule has 0 spiro atoms. The Hall–Kier alpha value is -1.96. The van der Waals surface area contributed by atoms with Crippen LogP contribution in [0.3, 0.4) is 0 Å². The van der Waals surface area contributed by atoms with Crippen LogP contribution in [0.1, 0.15) is 18.7 Å². The summed E-state index contributed by atoms with van der Waals surface area (Å²) in [6.07, 6.45) is 1.60. The van der Waals surface area contributed by atoms with E-state index < -0.39 is 18.1 Å². The van der Waals surface area contributed by atoms with Crippen LogP contribution in [-0.4, -0.2) is 45.1 Å². The fourth-order valence-corrected chi connectivity index (χ4v) is 1.24. The van der Waals surface area contributed by atoms with E-state index in [2.05, 4.69) is 15.6 Å². The van der Waals surface area contributed by atoms with Crippen LogP contribution >= 0.6 is 0 Å². The normalized spacial score (nSPS) is 14.1. The Balaban J connectivity index is 2.71. The monoisotopic (exact) mass is 241 g/mol. The minimum absolute atomic E-state index is 0.0792. The van der Waals surface area contributed by atoms with Gasteiger partial charge in [-0.25, -0.2) is 4.68 Å². The summed E-state index contributed by atoms with van der Waals surface area (Å²) in [5.41, 5.74) is 5.80. The largest absolute Gasteiger partial charge is 0.480 e. The molecule has 8 nitrogen and oxygen atoms in total. The average molecular weight is 241 g/mol. The second kappa shape index (κ2) is 5.39. The highest BCUT2D eigenvalue weighted by Crippen LogP contribution is 2.05. The number of aliphatic carboxylic acids is 1.